The number of hydrogen-bond acceptors (Lipinski definition) is 6. The number of benzene rings is 1. The van der Waals surface area contributed by atoms with Crippen LogP contribution >= 0.6 is 0 Å². The van der Waals surface area contributed by atoms with Crippen LogP contribution in [0.25, 0.3) is 16.7 Å². The first-order chi connectivity index (χ1) is 16.7. The summed E-state index contributed by atoms with van der Waals surface area (Å²) in [6.45, 7) is 10.9. The summed E-state index contributed by atoms with van der Waals surface area (Å²) < 4.78 is 21.5. The molecule has 8 nitrogen and oxygen atoms in total. The number of hydrogen-bond donors (Lipinski definition) is 0. The van der Waals surface area contributed by atoms with Gasteiger partial charge < -0.3 is 19.4 Å². The van der Waals surface area contributed by atoms with Gasteiger partial charge >= 0.3 is 0 Å². The van der Waals surface area contributed by atoms with Crippen LogP contribution in [0, 0.1) is 5.82 Å². The lowest BCUT2D eigenvalue weighted by Crippen LogP contribution is -2.62. The number of ether oxygens (including phenoxy) is 1. The molecule has 2 aliphatic rings. The first-order valence-corrected chi connectivity index (χ1v) is 12.2. The van der Waals surface area contributed by atoms with Gasteiger partial charge in [0.15, 0.2) is 5.65 Å². The third kappa shape index (κ3) is 4.01. The van der Waals surface area contributed by atoms with E-state index in [1.54, 1.807) is 19.5 Å². The third-order valence-corrected chi connectivity index (χ3v) is 7.37. The first-order valence-electron chi connectivity index (χ1n) is 12.2. The largest absolute Gasteiger partial charge is 0.369 e. The van der Waals surface area contributed by atoms with Crippen LogP contribution in [0.2, 0.25) is 0 Å². The Hall–Kier alpha value is -3.20. The number of methoxy groups -OCH3 is 1. The van der Waals surface area contributed by atoms with Crippen LogP contribution in [-0.2, 0) is 9.53 Å². The minimum absolute atomic E-state index is 0.00893. The summed E-state index contributed by atoms with van der Waals surface area (Å²) in [4.78, 5) is 29.0. The predicted molar refractivity (Wildman–Crippen MR) is 135 cm³/mol. The SMILES string of the molecule is COC(C)(C)C(=O)N1C[C@H](C)N(c2ncnc3c2c(N2CCC2)cn3-c2cccc(F)c2)C[C@H]1C. The lowest BCUT2D eigenvalue weighted by molar-refractivity contribution is -0.154. The molecule has 35 heavy (non-hydrogen) atoms. The number of carbonyl (C=O) groups excluding carboxylic acids is 1. The van der Waals surface area contributed by atoms with E-state index in [1.165, 1.54) is 12.1 Å². The number of anilines is 2. The molecular formula is C26H33FN6O2. The van der Waals surface area contributed by atoms with Crippen molar-refractivity contribution >= 4 is 28.4 Å². The Labute approximate surface area is 205 Å². The summed E-state index contributed by atoms with van der Waals surface area (Å²) in [6.07, 6.45) is 4.77. The van der Waals surface area contributed by atoms with Crippen molar-refractivity contribution in [2.24, 2.45) is 0 Å². The number of piperazine rings is 1. The molecule has 0 bridgehead atoms. The summed E-state index contributed by atoms with van der Waals surface area (Å²) in [5.74, 6) is 0.557. The van der Waals surface area contributed by atoms with E-state index in [-0.39, 0.29) is 23.8 Å². The fourth-order valence-electron chi connectivity index (χ4n) is 5.00. The third-order valence-electron chi connectivity index (χ3n) is 7.37. The van der Waals surface area contributed by atoms with Crippen LogP contribution in [0.3, 0.4) is 0 Å². The molecular weight excluding hydrogens is 447 g/mol. The van der Waals surface area contributed by atoms with Crippen LogP contribution in [0.15, 0.2) is 36.8 Å². The molecule has 9 heteroatoms. The number of nitrogens with zero attached hydrogens (tertiary/aromatic N) is 6. The van der Waals surface area contributed by atoms with E-state index in [9.17, 15) is 9.18 Å². The van der Waals surface area contributed by atoms with E-state index in [0.29, 0.717) is 13.1 Å². The van der Waals surface area contributed by atoms with Gasteiger partial charge in [0.2, 0.25) is 0 Å². The van der Waals surface area contributed by atoms with Crippen LogP contribution in [-0.4, -0.2) is 76.3 Å². The van der Waals surface area contributed by atoms with Gasteiger partial charge in [-0.25, -0.2) is 14.4 Å². The van der Waals surface area contributed by atoms with Crippen molar-refractivity contribution in [1.29, 1.82) is 0 Å². The van der Waals surface area contributed by atoms with Crippen molar-refractivity contribution in [3.05, 3.63) is 42.6 Å². The molecule has 186 valence electrons. The molecule has 0 radical (unpaired) electrons. The van der Waals surface area contributed by atoms with E-state index < -0.39 is 5.60 Å². The van der Waals surface area contributed by atoms with Crippen molar-refractivity contribution < 1.29 is 13.9 Å². The second kappa shape index (κ2) is 8.78. The highest BCUT2D eigenvalue weighted by Crippen LogP contribution is 2.39. The second-order valence-electron chi connectivity index (χ2n) is 10.1. The molecule has 0 saturated carbocycles. The predicted octanol–water partition coefficient (Wildman–Crippen LogP) is 3.62. The minimum Gasteiger partial charge on any atom is -0.369 e. The Bertz CT molecular complexity index is 1250. The van der Waals surface area contributed by atoms with E-state index in [0.717, 1.165) is 47.7 Å². The normalized spacial score (nSPS) is 20.9. The zero-order valence-corrected chi connectivity index (χ0v) is 21.0. The monoisotopic (exact) mass is 480 g/mol. The summed E-state index contributed by atoms with van der Waals surface area (Å²) in [5, 5.41) is 0.965. The van der Waals surface area contributed by atoms with Crippen molar-refractivity contribution in [2.45, 2.75) is 51.8 Å². The molecule has 2 fully saturated rings. The van der Waals surface area contributed by atoms with Gasteiger partial charge in [-0.05, 0) is 52.3 Å². The van der Waals surface area contributed by atoms with Crippen molar-refractivity contribution in [2.75, 3.05) is 43.1 Å². The van der Waals surface area contributed by atoms with Crippen molar-refractivity contribution in [3.63, 3.8) is 0 Å². The molecule has 1 amide bonds. The number of amides is 1. The standard InChI is InChI=1S/C26H33FN6O2/c1-17-14-32(25(34)26(3,4)35-5)18(2)13-31(17)23-22-21(30-10-7-11-30)15-33(24(22)29-16-28-23)20-9-6-8-19(27)12-20/h6,8-9,12,15-18H,7,10-11,13-14H2,1-5H3/t17-,18+/m0/s1. The van der Waals surface area contributed by atoms with Gasteiger partial charge in [0.25, 0.3) is 5.91 Å². The summed E-state index contributed by atoms with van der Waals surface area (Å²) in [6, 6.07) is 6.59. The molecule has 2 aliphatic heterocycles. The molecule has 0 spiro atoms. The Morgan fingerprint density at radius 3 is 2.57 bits per heavy atom. The maximum Gasteiger partial charge on any atom is 0.254 e. The van der Waals surface area contributed by atoms with E-state index >= 15 is 0 Å². The number of carbonyl (C=O) groups is 1. The van der Waals surface area contributed by atoms with Crippen LogP contribution in [0.4, 0.5) is 15.9 Å². The molecule has 0 unspecified atom stereocenters. The number of rotatable bonds is 5. The molecule has 5 rings (SSSR count). The maximum atomic E-state index is 14.1. The van der Waals surface area contributed by atoms with E-state index in [1.807, 2.05) is 35.6 Å². The van der Waals surface area contributed by atoms with Gasteiger partial charge in [-0.1, -0.05) is 6.07 Å². The van der Waals surface area contributed by atoms with Crippen LogP contribution in [0.5, 0.6) is 0 Å². The number of halogens is 1. The van der Waals surface area contributed by atoms with Crippen LogP contribution < -0.4 is 9.80 Å². The molecule has 3 aromatic rings. The smallest absolute Gasteiger partial charge is 0.254 e. The van der Waals surface area contributed by atoms with Gasteiger partial charge in [0.1, 0.15) is 23.6 Å². The zero-order chi connectivity index (χ0) is 24.9. The molecule has 2 aromatic heterocycles. The molecule has 2 saturated heterocycles. The molecule has 1 aromatic carbocycles. The van der Waals surface area contributed by atoms with E-state index in [4.69, 9.17) is 9.72 Å². The zero-order valence-electron chi connectivity index (χ0n) is 21.0. The van der Waals surface area contributed by atoms with Gasteiger partial charge in [-0.15, -0.1) is 0 Å². The van der Waals surface area contributed by atoms with Gasteiger partial charge in [0, 0.05) is 57.3 Å². The Kier molecular flexibility index (Phi) is 5.91. The lowest BCUT2D eigenvalue weighted by atomic mass is 10.0. The Morgan fingerprint density at radius 1 is 1.14 bits per heavy atom. The topological polar surface area (TPSA) is 66.7 Å². The summed E-state index contributed by atoms with van der Waals surface area (Å²) >= 11 is 0. The fourth-order valence-corrected chi connectivity index (χ4v) is 5.00. The molecule has 0 aliphatic carbocycles. The highest BCUT2D eigenvalue weighted by molar-refractivity contribution is 6.01. The van der Waals surface area contributed by atoms with Crippen molar-refractivity contribution in [1.82, 2.24) is 19.4 Å². The number of aromatic nitrogens is 3. The average Bonchev–Trinajstić information content (AvgIpc) is 3.18. The molecule has 2 atom stereocenters. The van der Waals surface area contributed by atoms with E-state index in [2.05, 4.69) is 28.6 Å². The Morgan fingerprint density at radius 2 is 1.91 bits per heavy atom. The quantitative estimate of drug-likeness (QED) is 0.556. The molecule has 4 heterocycles. The highest BCUT2D eigenvalue weighted by Gasteiger charge is 2.40. The maximum absolute atomic E-state index is 14.1. The lowest BCUT2D eigenvalue weighted by Gasteiger charge is -2.46. The van der Waals surface area contributed by atoms with Gasteiger partial charge in [0.05, 0.1) is 11.1 Å². The van der Waals surface area contributed by atoms with Crippen LogP contribution in [0.1, 0.15) is 34.1 Å². The minimum atomic E-state index is -0.870. The van der Waals surface area contributed by atoms with Crippen molar-refractivity contribution in [3.8, 4) is 5.69 Å². The highest BCUT2D eigenvalue weighted by atomic mass is 19.1. The average molecular weight is 481 g/mol. The fraction of sp³-hybridized carbons (Fsp3) is 0.500. The molecule has 0 N–H and O–H groups in total. The second-order valence-corrected chi connectivity index (χ2v) is 10.1. The van der Waals surface area contributed by atoms with Gasteiger partial charge in [-0.3, -0.25) is 9.36 Å². The summed E-state index contributed by atoms with van der Waals surface area (Å²) in [5.41, 5.74) is 1.67. The Balaban J connectivity index is 1.57. The summed E-state index contributed by atoms with van der Waals surface area (Å²) in [7, 11) is 1.57. The first kappa shape index (κ1) is 23.5. The number of fused-ring (bicyclic) bond motifs is 1. The van der Waals surface area contributed by atoms with Gasteiger partial charge in [-0.2, -0.15) is 0 Å².